The fourth-order valence-corrected chi connectivity index (χ4v) is 4.36. The van der Waals surface area contributed by atoms with Gasteiger partial charge in [-0.2, -0.15) is 4.31 Å². The molecule has 0 bridgehead atoms. The average molecular weight is 338 g/mol. The van der Waals surface area contributed by atoms with Crippen molar-refractivity contribution in [1.82, 2.24) is 9.62 Å². The van der Waals surface area contributed by atoms with Crippen LogP contribution in [0.25, 0.3) is 0 Å². The van der Waals surface area contributed by atoms with Crippen LogP contribution in [0.4, 0.5) is 0 Å². The quantitative estimate of drug-likeness (QED) is 0.897. The minimum Gasteiger partial charge on any atom is -0.352 e. The Hall–Kier alpha value is -1.40. The van der Waals surface area contributed by atoms with E-state index in [1.54, 1.807) is 18.2 Å². The van der Waals surface area contributed by atoms with Crippen LogP contribution in [0, 0.1) is 11.8 Å². The lowest BCUT2D eigenvalue weighted by Gasteiger charge is -2.30. The first-order valence-electron chi connectivity index (χ1n) is 8.19. The van der Waals surface area contributed by atoms with Crippen LogP contribution in [0.5, 0.6) is 0 Å². The molecule has 1 aromatic rings. The van der Waals surface area contributed by atoms with Crippen LogP contribution in [0.2, 0.25) is 0 Å². The number of carbonyl (C=O) groups excluding carboxylic acids is 1. The number of rotatable bonds is 5. The highest BCUT2D eigenvalue weighted by molar-refractivity contribution is 7.89. The van der Waals surface area contributed by atoms with E-state index in [1.165, 1.54) is 10.4 Å². The van der Waals surface area contributed by atoms with Crippen molar-refractivity contribution in [1.29, 1.82) is 0 Å². The van der Waals surface area contributed by atoms with Crippen LogP contribution in [-0.4, -0.2) is 38.3 Å². The molecule has 1 unspecified atom stereocenters. The smallest absolute Gasteiger partial charge is 0.251 e. The lowest BCUT2D eigenvalue weighted by atomic mass is 10.0. The maximum atomic E-state index is 12.8. The minimum absolute atomic E-state index is 0.198. The Bertz CT molecular complexity index is 656. The van der Waals surface area contributed by atoms with Gasteiger partial charge in [-0.1, -0.05) is 26.8 Å². The monoisotopic (exact) mass is 338 g/mol. The maximum Gasteiger partial charge on any atom is 0.251 e. The summed E-state index contributed by atoms with van der Waals surface area (Å²) in [5, 5.41) is 2.82. The highest BCUT2D eigenvalue weighted by Crippen LogP contribution is 2.23. The molecule has 23 heavy (non-hydrogen) atoms. The molecule has 1 saturated heterocycles. The van der Waals surface area contributed by atoms with Crippen molar-refractivity contribution in [3.8, 4) is 0 Å². The van der Waals surface area contributed by atoms with Crippen molar-refractivity contribution in [3.05, 3.63) is 29.8 Å². The van der Waals surface area contributed by atoms with E-state index >= 15 is 0 Å². The lowest BCUT2D eigenvalue weighted by molar-refractivity contribution is 0.0949. The minimum atomic E-state index is -3.53. The van der Waals surface area contributed by atoms with Crippen molar-refractivity contribution in [2.24, 2.45) is 11.8 Å². The van der Waals surface area contributed by atoms with Gasteiger partial charge in [-0.3, -0.25) is 4.79 Å². The third kappa shape index (κ3) is 4.54. The van der Waals surface area contributed by atoms with Gasteiger partial charge in [0.1, 0.15) is 0 Å². The molecule has 1 fully saturated rings. The molecule has 1 amide bonds. The van der Waals surface area contributed by atoms with Crippen LogP contribution >= 0.6 is 0 Å². The van der Waals surface area contributed by atoms with Crippen LogP contribution in [-0.2, 0) is 10.0 Å². The van der Waals surface area contributed by atoms with Crippen molar-refractivity contribution in [2.45, 2.75) is 38.5 Å². The van der Waals surface area contributed by atoms with Gasteiger partial charge in [0.2, 0.25) is 10.0 Å². The summed E-state index contributed by atoms with van der Waals surface area (Å²) >= 11 is 0. The second-order valence-corrected chi connectivity index (χ2v) is 8.68. The standard InChI is InChI=1S/C17H26N2O3S/c1-13(2)11-18-17(20)15-7-4-8-16(10-15)23(21,22)19-9-5-6-14(3)12-19/h4,7-8,10,13-14H,5-6,9,11-12H2,1-3H3,(H,18,20). The molecule has 0 spiro atoms. The number of carbonyl (C=O) groups is 1. The molecule has 0 aromatic heterocycles. The van der Waals surface area contributed by atoms with Crippen LogP contribution in [0.15, 0.2) is 29.2 Å². The van der Waals surface area contributed by atoms with E-state index in [1.807, 2.05) is 13.8 Å². The number of piperidine rings is 1. The molecular weight excluding hydrogens is 312 g/mol. The van der Waals surface area contributed by atoms with E-state index in [4.69, 9.17) is 0 Å². The fraction of sp³-hybridized carbons (Fsp3) is 0.588. The lowest BCUT2D eigenvalue weighted by Crippen LogP contribution is -2.39. The predicted molar refractivity (Wildman–Crippen MR) is 90.8 cm³/mol. The van der Waals surface area contributed by atoms with E-state index in [2.05, 4.69) is 12.2 Å². The first kappa shape index (κ1) is 17.9. The number of sulfonamides is 1. The average Bonchev–Trinajstić information content (AvgIpc) is 2.52. The third-order valence-corrected chi connectivity index (χ3v) is 5.89. The van der Waals surface area contributed by atoms with Gasteiger partial charge in [0.15, 0.2) is 0 Å². The first-order valence-corrected chi connectivity index (χ1v) is 9.63. The second kappa shape index (κ2) is 7.45. The number of nitrogens with zero attached hydrogens (tertiary/aromatic N) is 1. The molecule has 1 heterocycles. The van der Waals surface area contributed by atoms with E-state index in [9.17, 15) is 13.2 Å². The Morgan fingerprint density at radius 3 is 2.78 bits per heavy atom. The number of amides is 1. The summed E-state index contributed by atoms with van der Waals surface area (Å²) in [5.74, 6) is 0.486. The van der Waals surface area contributed by atoms with Gasteiger partial charge in [-0.05, 0) is 42.9 Å². The number of nitrogens with one attached hydrogen (secondary N) is 1. The molecule has 1 N–H and O–H groups in total. The Balaban J connectivity index is 2.19. The molecule has 5 nitrogen and oxygen atoms in total. The molecule has 2 rings (SSSR count). The van der Waals surface area contributed by atoms with Crippen molar-refractivity contribution in [2.75, 3.05) is 19.6 Å². The van der Waals surface area contributed by atoms with Gasteiger partial charge in [0.05, 0.1) is 4.90 Å². The molecule has 0 aliphatic carbocycles. The number of hydrogen-bond donors (Lipinski definition) is 1. The zero-order valence-electron chi connectivity index (χ0n) is 14.1. The van der Waals surface area contributed by atoms with Gasteiger partial charge >= 0.3 is 0 Å². The molecule has 1 aliphatic rings. The maximum absolute atomic E-state index is 12.8. The molecule has 0 radical (unpaired) electrons. The summed E-state index contributed by atoms with van der Waals surface area (Å²) in [7, 11) is -3.53. The Labute approximate surface area is 139 Å². The summed E-state index contributed by atoms with van der Waals surface area (Å²) < 4.78 is 27.1. The molecule has 0 saturated carbocycles. The molecule has 128 valence electrons. The van der Waals surface area contributed by atoms with Crippen LogP contribution in [0.3, 0.4) is 0 Å². The fourth-order valence-electron chi connectivity index (χ4n) is 2.71. The van der Waals surface area contributed by atoms with E-state index in [0.29, 0.717) is 37.0 Å². The van der Waals surface area contributed by atoms with E-state index in [0.717, 1.165) is 12.8 Å². The summed E-state index contributed by atoms with van der Waals surface area (Å²) in [6.45, 7) is 7.76. The zero-order valence-corrected chi connectivity index (χ0v) is 14.9. The SMILES string of the molecule is CC(C)CNC(=O)c1cccc(S(=O)(=O)N2CCCC(C)C2)c1. The molecular formula is C17H26N2O3S. The molecule has 1 aliphatic heterocycles. The molecule has 1 atom stereocenters. The van der Waals surface area contributed by atoms with Gasteiger partial charge in [0.25, 0.3) is 5.91 Å². The van der Waals surface area contributed by atoms with Crippen LogP contribution in [0.1, 0.15) is 44.0 Å². The summed E-state index contributed by atoms with van der Waals surface area (Å²) in [5.41, 5.74) is 0.386. The molecule has 6 heteroatoms. The van der Waals surface area contributed by atoms with Crippen molar-refractivity contribution < 1.29 is 13.2 Å². The van der Waals surface area contributed by atoms with E-state index in [-0.39, 0.29) is 10.8 Å². The molecule has 1 aromatic carbocycles. The van der Waals surface area contributed by atoms with Crippen molar-refractivity contribution in [3.63, 3.8) is 0 Å². The Morgan fingerprint density at radius 2 is 2.13 bits per heavy atom. The largest absolute Gasteiger partial charge is 0.352 e. The predicted octanol–water partition coefficient (Wildman–Crippen LogP) is 2.49. The van der Waals surface area contributed by atoms with E-state index < -0.39 is 10.0 Å². The summed E-state index contributed by atoms with van der Waals surface area (Å²) in [6.07, 6.45) is 1.94. The van der Waals surface area contributed by atoms with Crippen LogP contribution < -0.4 is 5.32 Å². The summed E-state index contributed by atoms with van der Waals surface area (Å²) in [6, 6.07) is 6.32. The zero-order chi connectivity index (χ0) is 17.0. The first-order chi connectivity index (χ1) is 10.8. The normalized spacial score (nSPS) is 19.7. The Kier molecular flexibility index (Phi) is 5.81. The van der Waals surface area contributed by atoms with Gasteiger partial charge in [0, 0.05) is 25.2 Å². The summed E-state index contributed by atoms with van der Waals surface area (Å²) in [4.78, 5) is 12.3. The topological polar surface area (TPSA) is 66.5 Å². The Morgan fingerprint density at radius 1 is 1.39 bits per heavy atom. The highest BCUT2D eigenvalue weighted by Gasteiger charge is 2.29. The van der Waals surface area contributed by atoms with Gasteiger partial charge in [-0.15, -0.1) is 0 Å². The third-order valence-electron chi connectivity index (χ3n) is 4.02. The van der Waals surface area contributed by atoms with Gasteiger partial charge < -0.3 is 5.32 Å². The number of benzene rings is 1. The number of hydrogen-bond acceptors (Lipinski definition) is 3. The van der Waals surface area contributed by atoms with Crippen molar-refractivity contribution >= 4 is 15.9 Å². The second-order valence-electron chi connectivity index (χ2n) is 6.74. The highest BCUT2D eigenvalue weighted by atomic mass is 32.2. The van der Waals surface area contributed by atoms with Gasteiger partial charge in [-0.25, -0.2) is 8.42 Å².